The van der Waals surface area contributed by atoms with Crippen LogP contribution in [-0.4, -0.2) is 14.6 Å². The van der Waals surface area contributed by atoms with Gasteiger partial charge in [0.25, 0.3) is 0 Å². The minimum atomic E-state index is 0.559. The second-order valence-electron chi connectivity index (χ2n) is 5.89. The Morgan fingerprint density at radius 3 is 2.50 bits per heavy atom. The molecule has 2 N–H and O–H groups in total. The van der Waals surface area contributed by atoms with Crippen LogP contribution in [0.3, 0.4) is 0 Å². The fraction of sp³-hybridized carbons (Fsp3) is 0.0476. The number of anilines is 1. The Morgan fingerprint density at radius 2 is 1.69 bits per heavy atom. The molecule has 0 aliphatic heterocycles. The van der Waals surface area contributed by atoms with Crippen molar-refractivity contribution in [3.63, 3.8) is 0 Å². The number of pyridine rings is 1. The van der Waals surface area contributed by atoms with Crippen molar-refractivity contribution in [1.82, 2.24) is 14.6 Å². The maximum absolute atomic E-state index is 5.90. The molecule has 0 radical (unpaired) electrons. The number of hydrogen-bond donors (Lipinski definition) is 1. The molecule has 2 heterocycles. The molecule has 5 nitrogen and oxygen atoms in total. The van der Waals surface area contributed by atoms with E-state index in [2.05, 4.69) is 10.2 Å². The third-order valence-corrected chi connectivity index (χ3v) is 4.04. The van der Waals surface area contributed by atoms with E-state index in [0.717, 1.165) is 22.7 Å². The van der Waals surface area contributed by atoms with E-state index in [0.29, 0.717) is 17.9 Å². The number of ether oxygens (including phenoxy) is 1. The van der Waals surface area contributed by atoms with Crippen LogP contribution in [0.25, 0.3) is 17.8 Å². The minimum Gasteiger partial charge on any atom is -0.489 e. The fourth-order valence-electron chi connectivity index (χ4n) is 2.66. The highest BCUT2D eigenvalue weighted by Crippen LogP contribution is 2.17. The van der Waals surface area contributed by atoms with Gasteiger partial charge in [-0.3, -0.25) is 4.40 Å². The molecule has 128 valence electrons. The van der Waals surface area contributed by atoms with E-state index < -0.39 is 0 Å². The van der Waals surface area contributed by atoms with Crippen LogP contribution in [0, 0.1) is 0 Å². The summed E-state index contributed by atoms with van der Waals surface area (Å²) in [6.07, 6.45) is 5.80. The summed E-state index contributed by atoms with van der Waals surface area (Å²) in [4.78, 5) is 0. The predicted octanol–water partition coefficient (Wildman–Crippen LogP) is 4.06. The average molecular weight is 342 g/mol. The molecule has 26 heavy (non-hydrogen) atoms. The molecule has 0 saturated heterocycles. The van der Waals surface area contributed by atoms with Crippen molar-refractivity contribution in [2.45, 2.75) is 6.61 Å². The van der Waals surface area contributed by atoms with Crippen LogP contribution in [0.4, 0.5) is 5.69 Å². The molecule has 0 atom stereocenters. The molecule has 5 heteroatoms. The first-order valence-corrected chi connectivity index (χ1v) is 8.34. The average Bonchev–Trinajstić information content (AvgIpc) is 3.11. The van der Waals surface area contributed by atoms with Gasteiger partial charge in [0, 0.05) is 6.20 Å². The van der Waals surface area contributed by atoms with Crippen molar-refractivity contribution in [3.8, 4) is 5.75 Å². The third kappa shape index (κ3) is 3.42. The number of benzene rings is 2. The molecule has 0 bridgehead atoms. The van der Waals surface area contributed by atoms with E-state index >= 15 is 0 Å². The highest BCUT2D eigenvalue weighted by atomic mass is 16.5. The number of nitrogen functional groups attached to an aromatic ring is 1. The summed E-state index contributed by atoms with van der Waals surface area (Å²) in [6.45, 7) is 0.559. The molecule has 2 aromatic heterocycles. The summed E-state index contributed by atoms with van der Waals surface area (Å²) in [7, 11) is 0. The lowest BCUT2D eigenvalue weighted by molar-refractivity contribution is 0.306. The quantitative estimate of drug-likeness (QED) is 0.594. The largest absolute Gasteiger partial charge is 0.489 e. The van der Waals surface area contributed by atoms with E-state index in [1.807, 2.05) is 89.5 Å². The van der Waals surface area contributed by atoms with Gasteiger partial charge in [-0.25, -0.2) is 0 Å². The number of nitrogens with two attached hydrogens (primary N) is 1. The molecule has 0 fully saturated rings. The zero-order valence-corrected chi connectivity index (χ0v) is 14.1. The Bertz CT molecular complexity index is 1040. The van der Waals surface area contributed by atoms with Gasteiger partial charge in [0.15, 0.2) is 11.5 Å². The van der Waals surface area contributed by atoms with E-state index in [4.69, 9.17) is 10.5 Å². The van der Waals surface area contributed by atoms with Crippen LogP contribution >= 0.6 is 0 Å². The Balaban J connectivity index is 1.45. The normalized spacial score (nSPS) is 11.2. The van der Waals surface area contributed by atoms with Crippen LogP contribution < -0.4 is 10.5 Å². The Kier molecular flexibility index (Phi) is 4.35. The van der Waals surface area contributed by atoms with Gasteiger partial charge < -0.3 is 10.5 Å². The van der Waals surface area contributed by atoms with Crippen LogP contribution in [0.2, 0.25) is 0 Å². The zero-order valence-electron chi connectivity index (χ0n) is 14.1. The standard InChI is InChI=1S/C21H18N4O/c22-19-7-4-14-25-20(23-24-21(19)25)13-10-16-8-11-18(12-9-16)26-15-17-5-2-1-3-6-17/h1-14H,15,22H2/b13-10+. The van der Waals surface area contributed by atoms with E-state index in [1.54, 1.807) is 0 Å². The van der Waals surface area contributed by atoms with Crippen molar-refractivity contribution in [2.75, 3.05) is 5.73 Å². The van der Waals surface area contributed by atoms with Gasteiger partial charge in [-0.15, -0.1) is 10.2 Å². The first-order valence-electron chi connectivity index (χ1n) is 8.34. The smallest absolute Gasteiger partial charge is 0.184 e. The fourth-order valence-corrected chi connectivity index (χ4v) is 2.66. The van der Waals surface area contributed by atoms with Crippen molar-refractivity contribution in [1.29, 1.82) is 0 Å². The first kappa shape index (κ1) is 15.9. The maximum Gasteiger partial charge on any atom is 0.184 e. The van der Waals surface area contributed by atoms with Crippen LogP contribution in [-0.2, 0) is 6.61 Å². The van der Waals surface area contributed by atoms with Gasteiger partial charge in [-0.1, -0.05) is 48.5 Å². The predicted molar refractivity (Wildman–Crippen MR) is 104 cm³/mol. The van der Waals surface area contributed by atoms with Crippen molar-refractivity contribution >= 4 is 23.5 Å². The van der Waals surface area contributed by atoms with Crippen LogP contribution in [0.15, 0.2) is 72.9 Å². The lowest BCUT2D eigenvalue weighted by Gasteiger charge is -2.06. The van der Waals surface area contributed by atoms with E-state index in [9.17, 15) is 0 Å². The molecule has 0 spiro atoms. The van der Waals surface area contributed by atoms with Crippen LogP contribution in [0.5, 0.6) is 5.75 Å². The summed E-state index contributed by atoms with van der Waals surface area (Å²) < 4.78 is 7.67. The van der Waals surface area contributed by atoms with E-state index in [1.165, 1.54) is 0 Å². The molecule has 0 unspecified atom stereocenters. The molecular formula is C21H18N4O. The Hall–Kier alpha value is -3.60. The van der Waals surface area contributed by atoms with Gasteiger partial charge >= 0.3 is 0 Å². The zero-order chi connectivity index (χ0) is 17.8. The topological polar surface area (TPSA) is 65.4 Å². The van der Waals surface area contributed by atoms with Crippen molar-refractivity contribution in [2.24, 2.45) is 0 Å². The number of aromatic nitrogens is 3. The first-order chi connectivity index (χ1) is 12.8. The number of fused-ring (bicyclic) bond motifs is 1. The Morgan fingerprint density at radius 1 is 0.885 bits per heavy atom. The highest BCUT2D eigenvalue weighted by Gasteiger charge is 2.04. The van der Waals surface area contributed by atoms with Gasteiger partial charge in [-0.2, -0.15) is 0 Å². The molecule has 2 aromatic carbocycles. The maximum atomic E-state index is 5.90. The summed E-state index contributed by atoms with van der Waals surface area (Å²) in [5.41, 5.74) is 9.38. The SMILES string of the molecule is Nc1cccn2c(/C=C/c3ccc(OCc4ccccc4)cc3)nnc12. The highest BCUT2D eigenvalue weighted by molar-refractivity contribution is 5.71. The van der Waals surface area contributed by atoms with Crippen molar-refractivity contribution in [3.05, 3.63) is 89.9 Å². The van der Waals surface area contributed by atoms with Crippen LogP contribution in [0.1, 0.15) is 17.0 Å². The molecule has 0 amide bonds. The number of rotatable bonds is 5. The molecule has 0 aliphatic rings. The summed E-state index contributed by atoms with van der Waals surface area (Å²) >= 11 is 0. The monoisotopic (exact) mass is 342 g/mol. The molecule has 0 saturated carbocycles. The second kappa shape index (κ2) is 7.11. The summed E-state index contributed by atoms with van der Waals surface area (Å²) in [5.74, 6) is 1.57. The lowest BCUT2D eigenvalue weighted by atomic mass is 10.2. The molecule has 0 aliphatic carbocycles. The number of nitrogens with zero attached hydrogens (tertiary/aromatic N) is 3. The molecule has 4 aromatic rings. The van der Waals surface area contributed by atoms with E-state index in [-0.39, 0.29) is 0 Å². The van der Waals surface area contributed by atoms with Crippen molar-refractivity contribution < 1.29 is 4.74 Å². The Labute approximate surface area is 151 Å². The van der Waals surface area contributed by atoms with Gasteiger partial charge in [0.05, 0.1) is 5.69 Å². The summed E-state index contributed by atoms with van der Waals surface area (Å²) in [6, 6.07) is 21.7. The van der Waals surface area contributed by atoms with Gasteiger partial charge in [0.1, 0.15) is 12.4 Å². The lowest BCUT2D eigenvalue weighted by Crippen LogP contribution is -1.94. The summed E-state index contributed by atoms with van der Waals surface area (Å²) in [5, 5.41) is 8.29. The van der Waals surface area contributed by atoms with Gasteiger partial charge in [-0.05, 0) is 41.5 Å². The van der Waals surface area contributed by atoms with Gasteiger partial charge in [0.2, 0.25) is 0 Å². The second-order valence-corrected chi connectivity index (χ2v) is 5.89. The number of hydrogen-bond acceptors (Lipinski definition) is 4. The minimum absolute atomic E-state index is 0.559. The molecule has 4 rings (SSSR count). The third-order valence-electron chi connectivity index (χ3n) is 4.04. The molecular weight excluding hydrogens is 324 g/mol.